The summed E-state index contributed by atoms with van der Waals surface area (Å²) >= 11 is 0. The lowest BCUT2D eigenvalue weighted by atomic mass is 9.78. The van der Waals surface area contributed by atoms with E-state index in [1.807, 2.05) is 12.1 Å². The van der Waals surface area contributed by atoms with E-state index in [0.717, 1.165) is 29.5 Å². The number of nitrogens with one attached hydrogen (secondary N) is 1. The van der Waals surface area contributed by atoms with Crippen molar-refractivity contribution in [1.82, 2.24) is 5.32 Å². The number of aryl methyl sites for hydroxylation is 1. The molecule has 0 radical (unpaired) electrons. The summed E-state index contributed by atoms with van der Waals surface area (Å²) in [7, 11) is 0. The minimum absolute atomic E-state index is 0.139. The average Bonchev–Trinajstić information content (AvgIpc) is 2.33. The fourth-order valence-corrected chi connectivity index (χ4v) is 2.47. The van der Waals surface area contributed by atoms with E-state index in [-0.39, 0.29) is 10.8 Å². The Morgan fingerprint density at radius 1 is 1.05 bits per heavy atom. The molecule has 4 nitrogen and oxygen atoms in total. The fraction of sp³-hybridized carbons (Fsp3) is 0.611. The Morgan fingerprint density at radius 2 is 1.50 bits per heavy atom. The van der Waals surface area contributed by atoms with Gasteiger partial charge in [0.2, 0.25) is 0 Å². The summed E-state index contributed by atoms with van der Waals surface area (Å²) in [4.78, 5) is 10.5. The summed E-state index contributed by atoms with van der Waals surface area (Å²) in [6, 6.07) is 4.09. The highest BCUT2D eigenvalue weighted by Crippen LogP contribution is 2.39. The van der Waals surface area contributed by atoms with Gasteiger partial charge in [0.15, 0.2) is 0 Å². The van der Waals surface area contributed by atoms with Crippen LogP contribution in [0.15, 0.2) is 12.1 Å². The topological polar surface area (TPSA) is 69.6 Å². The van der Waals surface area contributed by atoms with Gasteiger partial charge in [-0.1, -0.05) is 53.7 Å². The number of rotatable bonds is 4. The molecule has 3 N–H and O–H groups in total. The zero-order valence-electron chi connectivity index (χ0n) is 14.6. The third-order valence-electron chi connectivity index (χ3n) is 3.70. The number of hydrogen-bond acceptors (Lipinski definition) is 2. The summed E-state index contributed by atoms with van der Waals surface area (Å²) in [6.07, 6.45) is 0.535. The van der Waals surface area contributed by atoms with Crippen LogP contribution in [0.25, 0.3) is 0 Å². The smallest absolute Gasteiger partial charge is 0.404 e. The molecule has 0 unspecified atom stereocenters. The molecule has 124 valence electrons. The lowest BCUT2D eigenvalue weighted by Crippen LogP contribution is -2.22. The molecule has 0 saturated carbocycles. The molecule has 0 bridgehead atoms. The standard InChI is InChI=1S/C18H29NO3/c1-17(2,3)13-10-12(8-7-9-19-16(21)22)11-14(15(13)20)18(4,5)6/h10-11,19-20H,7-9H2,1-6H3,(H,21,22). The van der Waals surface area contributed by atoms with E-state index in [1.165, 1.54) is 0 Å². The van der Waals surface area contributed by atoms with Crippen molar-refractivity contribution in [2.75, 3.05) is 6.54 Å². The summed E-state index contributed by atoms with van der Waals surface area (Å²) in [5, 5.41) is 21.6. The van der Waals surface area contributed by atoms with Crippen LogP contribution >= 0.6 is 0 Å². The Kier molecular flexibility index (Phi) is 5.49. The maximum Gasteiger partial charge on any atom is 0.404 e. The second-order valence-corrected chi connectivity index (χ2v) is 7.88. The largest absolute Gasteiger partial charge is 0.507 e. The third kappa shape index (κ3) is 4.93. The fourth-order valence-electron chi connectivity index (χ4n) is 2.47. The summed E-state index contributed by atoms with van der Waals surface area (Å²) < 4.78 is 0. The Labute approximate surface area is 133 Å². The van der Waals surface area contributed by atoms with Gasteiger partial charge in [0.05, 0.1) is 0 Å². The van der Waals surface area contributed by atoms with Crippen molar-refractivity contribution in [3.63, 3.8) is 0 Å². The van der Waals surface area contributed by atoms with E-state index < -0.39 is 6.09 Å². The third-order valence-corrected chi connectivity index (χ3v) is 3.70. The van der Waals surface area contributed by atoms with Crippen molar-refractivity contribution in [3.8, 4) is 5.75 Å². The van der Waals surface area contributed by atoms with Gasteiger partial charge in [-0.15, -0.1) is 0 Å². The van der Waals surface area contributed by atoms with Crippen molar-refractivity contribution in [2.45, 2.75) is 65.2 Å². The van der Waals surface area contributed by atoms with E-state index >= 15 is 0 Å². The Morgan fingerprint density at radius 3 is 1.86 bits per heavy atom. The number of carboxylic acid groups (broad SMARTS) is 1. The van der Waals surface area contributed by atoms with Crippen LogP contribution in [0.5, 0.6) is 5.75 Å². The van der Waals surface area contributed by atoms with Gasteiger partial charge >= 0.3 is 6.09 Å². The molecule has 1 aromatic rings. The predicted octanol–water partition coefficient (Wildman–Crippen LogP) is 4.19. The molecule has 0 fully saturated rings. The Balaban J connectivity index is 3.10. The van der Waals surface area contributed by atoms with Crippen LogP contribution in [0.2, 0.25) is 0 Å². The molecular formula is C18H29NO3. The van der Waals surface area contributed by atoms with Gasteiger partial charge in [-0.3, -0.25) is 0 Å². The van der Waals surface area contributed by atoms with Gasteiger partial charge in [-0.25, -0.2) is 4.79 Å². The molecule has 1 rings (SSSR count). The average molecular weight is 307 g/mol. The maximum atomic E-state index is 10.6. The van der Waals surface area contributed by atoms with Crippen molar-refractivity contribution >= 4 is 6.09 Å². The number of carbonyl (C=O) groups is 1. The van der Waals surface area contributed by atoms with Crippen LogP contribution in [-0.4, -0.2) is 22.9 Å². The van der Waals surface area contributed by atoms with Gasteiger partial charge in [0, 0.05) is 6.54 Å². The quantitative estimate of drug-likeness (QED) is 0.731. The highest BCUT2D eigenvalue weighted by atomic mass is 16.4. The minimum atomic E-state index is -0.989. The first-order valence-corrected chi connectivity index (χ1v) is 7.76. The number of aromatic hydroxyl groups is 1. The highest BCUT2D eigenvalue weighted by molar-refractivity contribution is 5.64. The van der Waals surface area contributed by atoms with Crippen LogP contribution < -0.4 is 5.32 Å². The first-order chi connectivity index (χ1) is 9.93. The molecule has 0 heterocycles. The van der Waals surface area contributed by atoms with E-state index in [1.54, 1.807) is 0 Å². The maximum absolute atomic E-state index is 10.6. The van der Waals surface area contributed by atoms with Crippen LogP contribution in [0.4, 0.5) is 4.79 Å². The zero-order valence-corrected chi connectivity index (χ0v) is 14.6. The van der Waals surface area contributed by atoms with Crippen LogP contribution in [-0.2, 0) is 17.3 Å². The second-order valence-electron chi connectivity index (χ2n) is 7.88. The van der Waals surface area contributed by atoms with E-state index in [9.17, 15) is 9.90 Å². The zero-order chi connectivity index (χ0) is 17.1. The van der Waals surface area contributed by atoms with Crippen molar-refractivity contribution in [2.24, 2.45) is 0 Å². The molecule has 1 amide bonds. The Bertz CT molecular complexity index is 501. The molecule has 0 saturated heterocycles. The number of phenolic OH excluding ortho intramolecular Hbond substituents is 1. The molecule has 22 heavy (non-hydrogen) atoms. The molecule has 0 aromatic heterocycles. The first-order valence-electron chi connectivity index (χ1n) is 7.76. The molecule has 0 aliphatic carbocycles. The monoisotopic (exact) mass is 307 g/mol. The van der Waals surface area contributed by atoms with Crippen molar-refractivity contribution in [1.29, 1.82) is 0 Å². The van der Waals surface area contributed by atoms with Crippen LogP contribution in [0.3, 0.4) is 0 Å². The van der Waals surface area contributed by atoms with Gasteiger partial charge in [-0.2, -0.15) is 0 Å². The predicted molar refractivity (Wildman–Crippen MR) is 89.9 cm³/mol. The van der Waals surface area contributed by atoms with E-state index in [0.29, 0.717) is 12.3 Å². The van der Waals surface area contributed by atoms with Crippen molar-refractivity contribution in [3.05, 3.63) is 28.8 Å². The number of benzene rings is 1. The minimum Gasteiger partial charge on any atom is -0.507 e. The number of phenols is 1. The SMILES string of the molecule is CC(C)(C)c1cc(CCCNC(=O)O)cc(C(C)(C)C)c1O. The highest BCUT2D eigenvalue weighted by Gasteiger charge is 2.26. The molecule has 4 heteroatoms. The van der Waals surface area contributed by atoms with Crippen molar-refractivity contribution < 1.29 is 15.0 Å². The Hall–Kier alpha value is -1.71. The van der Waals surface area contributed by atoms with Gasteiger partial charge in [-0.05, 0) is 40.4 Å². The second kappa shape index (κ2) is 6.59. The molecule has 1 aromatic carbocycles. The number of amides is 1. The van der Waals surface area contributed by atoms with E-state index in [4.69, 9.17) is 5.11 Å². The first kappa shape index (κ1) is 18.3. The summed E-state index contributed by atoms with van der Waals surface area (Å²) in [5.74, 6) is 0.382. The summed E-state index contributed by atoms with van der Waals surface area (Å²) in [5.41, 5.74) is 2.75. The molecule has 0 atom stereocenters. The van der Waals surface area contributed by atoms with E-state index in [2.05, 4.69) is 46.9 Å². The van der Waals surface area contributed by atoms with Gasteiger partial charge in [0.25, 0.3) is 0 Å². The van der Waals surface area contributed by atoms with Crippen LogP contribution in [0.1, 0.15) is 64.7 Å². The van der Waals surface area contributed by atoms with Crippen LogP contribution in [0, 0.1) is 0 Å². The molecule has 0 spiro atoms. The van der Waals surface area contributed by atoms with Gasteiger partial charge in [0.1, 0.15) is 5.75 Å². The normalized spacial score (nSPS) is 12.3. The lowest BCUT2D eigenvalue weighted by molar-refractivity contribution is 0.194. The molecular weight excluding hydrogens is 278 g/mol. The molecule has 0 aliphatic heterocycles. The number of hydrogen-bond donors (Lipinski definition) is 3. The molecule has 0 aliphatic rings. The van der Waals surface area contributed by atoms with Gasteiger partial charge < -0.3 is 15.5 Å². The lowest BCUT2D eigenvalue weighted by Gasteiger charge is -2.28. The summed E-state index contributed by atoms with van der Waals surface area (Å²) in [6.45, 7) is 13.0.